The minimum absolute atomic E-state index is 0.152. The Morgan fingerprint density at radius 2 is 2.42 bits per heavy atom. The van der Waals surface area contributed by atoms with Crippen LogP contribution in [0.2, 0.25) is 5.02 Å². The maximum atomic E-state index is 9.10. The first-order chi connectivity index (χ1) is 9.24. The van der Waals surface area contributed by atoms with Gasteiger partial charge in [-0.3, -0.25) is 4.90 Å². The van der Waals surface area contributed by atoms with Crippen LogP contribution in [0.1, 0.15) is 12.5 Å². The Morgan fingerprint density at radius 3 is 3.16 bits per heavy atom. The molecule has 2 rings (SSSR count). The third-order valence-corrected chi connectivity index (χ3v) is 3.63. The van der Waals surface area contributed by atoms with Gasteiger partial charge in [-0.1, -0.05) is 24.6 Å². The van der Waals surface area contributed by atoms with Crippen LogP contribution in [0.15, 0.2) is 18.2 Å². The Bertz CT molecular complexity index is 472. The third-order valence-electron chi connectivity index (χ3n) is 3.32. The Labute approximate surface area is 118 Å². The minimum Gasteiger partial charge on any atom is -0.381 e. The highest BCUT2D eigenvalue weighted by molar-refractivity contribution is 6.32. The van der Waals surface area contributed by atoms with Crippen LogP contribution in [0, 0.1) is 11.3 Å². The van der Waals surface area contributed by atoms with E-state index in [1.807, 2.05) is 12.1 Å². The molecule has 4 nitrogen and oxygen atoms in total. The summed E-state index contributed by atoms with van der Waals surface area (Å²) in [5.74, 6) is 0. The van der Waals surface area contributed by atoms with Gasteiger partial charge in [0.2, 0.25) is 0 Å². The summed E-state index contributed by atoms with van der Waals surface area (Å²) in [5.41, 5.74) is 1.26. The Hall–Kier alpha value is -1.28. The van der Waals surface area contributed by atoms with E-state index < -0.39 is 0 Å². The number of rotatable bonds is 4. The number of anilines is 1. The van der Waals surface area contributed by atoms with Crippen molar-refractivity contribution in [3.05, 3.63) is 28.8 Å². The quantitative estimate of drug-likeness (QED) is 0.919. The largest absolute Gasteiger partial charge is 0.381 e. The van der Waals surface area contributed by atoms with E-state index in [1.165, 1.54) is 0 Å². The van der Waals surface area contributed by atoms with E-state index in [0.717, 1.165) is 31.9 Å². The van der Waals surface area contributed by atoms with Crippen molar-refractivity contribution in [2.75, 3.05) is 38.1 Å². The second-order valence-electron chi connectivity index (χ2n) is 4.54. The molecule has 0 spiro atoms. The summed E-state index contributed by atoms with van der Waals surface area (Å²) in [4.78, 5) is 2.36. The summed E-state index contributed by atoms with van der Waals surface area (Å²) >= 11 is 5.99. The molecular formula is C14H18ClN3O. The maximum Gasteiger partial charge on any atom is 0.103 e. The van der Waals surface area contributed by atoms with Crippen molar-refractivity contribution in [3.63, 3.8) is 0 Å². The minimum atomic E-state index is 0.152. The molecule has 0 bridgehead atoms. The van der Waals surface area contributed by atoms with Crippen molar-refractivity contribution in [3.8, 4) is 6.07 Å². The average molecular weight is 280 g/mol. The Morgan fingerprint density at radius 1 is 1.58 bits per heavy atom. The van der Waals surface area contributed by atoms with Gasteiger partial charge in [0.1, 0.15) is 6.07 Å². The topological polar surface area (TPSA) is 48.3 Å². The molecule has 1 fully saturated rings. The average Bonchev–Trinajstić information content (AvgIpc) is 2.45. The summed E-state index contributed by atoms with van der Waals surface area (Å²) in [5, 5.41) is 12.8. The van der Waals surface area contributed by atoms with E-state index in [4.69, 9.17) is 21.6 Å². The normalized spacial score (nSPS) is 19.9. The molecule has 19 heavy (non-hydrogen) atoms. The molecule has 1 N–H and O–H groups in total. The highest BCUT2D eigenvalue weighted by atomic mass is 35.5. The van der Waals surface area contributed by atoms with E-state index in [9.17, 15) is 0 Å². The number of hydrogen-bond acceptors (Lipinski definition) is 4. The van der Waals surface area contributed by atoms with Crippen molar-refractivity contribution >= 4 is 17.3 Å². The monoisotopic (exact) mass is 279 g/mol. The molecular weight excluding hydrogens is 262 g/mol. The van der Waals surface area contributed by atoms with Crippen LogP contribution in [0.4, 0.5) is 5.69 Å². The van der Waals surface area contributed by atoms with E-state index in [0.29, 0.717) is 17.1 Å². The highest BCUT2D eigenvalue weighted by Gasteiger charge is 2.19. The lowest BCUT2D eigenvalue weighted by Gasteiger charge is -2.32. The smallest absolute Gasteiger partial charge is 0.103 e. The van der Waals surface area contributed by atoms with Crippen molar-refractivity contribution in [2.45, 2.75) is 13.0 Å². The third kappa shape index (κ3) is 3.60. The molecule has 1 aliphatic rings. The van der Waals surface area contributed by atoms with Gasteiger partial charge in [-0.25, -0.2) is 0 Å². The predicted octanol–water partition coefficient (Wildman–Crippen LogP) is 2.34. The first-order valence-electron chi connectivity index (χ1n) is 6.51. The van der Waals surface area contributed by atoms with Crippen molar-refractivity contribution < 1.29 is 4.74 Å². The molecule has 1 heterocycles. The van der Waals surface area contributed by atoms with Crippen LogP contribution in [0.3, 0.4) is 0 Å². The lowest BCUT2D eigenvalue weighted by Crippen LogP contribution is -2.45. The molecule has 1 unspecified atom stereocenters. The first kappa shape index (κ1) is 14.1. The summed E-state index contributed by atoms with van der Waals surface area (Å²) in [7, 11) is 0. The van der Waals surface area contributed by atoms with Crippen LogP contribution in [0.25, 0.3) is 0 Å². The molecule has 102 valence electrons. The molecule has 0 amide bonds. The van der Waals surface area contributed by atoms with Gasteiger partial charge >= 0.3 is 0 Å². The number of nitriles is 1. The number of ether oxygens (including phenoxy) is 1. The summed E-state index contributed by atoms with van der Waals surface area (Å²) in [6, 6.07) is 7.55. The van der Waals surface area contributed by atoms with E-state index in [2.05, 4.69) is 23.2 Å². The van der Waals surface area contributed by atoms with Crippen molar-refractivity contribution in [1.29, 1.82) is 5.26 Å². The zero-order valence-corrected chi connectivity index (χ0v) is 11.8. The molecule has 0 saturated carbocycles. The fourth-order valence-corrected chi connectivity index (χ4v) is 2.42. The first-order valence-corrected chi connectivity index (χ1v) is 6.88. The molecule has 1 aromatic carbocycles. The second-order valence-corrected chi connectivity index (χ2v) is 4.95. The standard InChI is InChI=1S/C14H18ClN3O/c1-2-18-6-7-19-11(10-18)9-17-14-5-3-4-13(15)12(14)8-16/h3-5,11,17H,2,6-7,9-10H2,1H3. The predicted molar refractivity (Wildman–Crippen MR) is 76.5 cm³/mol. The van der Waals surface area contributed by atoms with E-state index in [1.54, 1.807) is 6.07 Å². The zero-order valence-electron chi connectivity index (χ0n) is 11.0. The highest BCUT2D eigenvalue weighted by Crippen LogP contribution is 2.23. The van der Waals surface area contributed by atoms with Gasteiger partial charge < -0.3 is 10.1 Å². The van der Waals surface area contributed by atoms with Gasteiger partial charge in [0.25, 0.3) is 0 Å². The number of halogens is 1. The van der Waals surface area contributed by atoms with Crippen LogP contribution < -0.4 is 5.32 Å². The van der Waals surface area contributed by atoms with E-state index >= 15 is 0 Å². The Balaban J connectivity index is 1.96. The van der Waals surface area contributed by atoms with Gasteiger partial charge in [0.15, 0.2) is 0 Å². The number of nitrogens with zero attached hydrogens (tertiary/aromatic N) is 2. The summed E-state index contributed by atoms with van der Waals surface area (Å²) in [6.45, 7) is 6.56. The Kier molecular flexibility index (Phi) is 5.03. The van der Waals surface area contributed by atoms with Crippen molar-refractivity contribution in [1.82, 2.24) is 4.90 Å². The fraction of sp³-hybridized carbons (Fsp3) is 0.500. The van der Waals surface area contributed by atoms with Gasteiger partial charge in [0.05, 0.1) is 29.0 Å². The number of morpholine rings is 1. The molecule has 1 atom stereocenters. The molecule has 5 heteroatoms. The number of likely N-dealkylation sites (N-methyl/N-ethyl adjacent to an activating group) is 1. The molecule has 1 aliphatic heterocycles. The fourth-order valence-electron chi connectivity index (χ4n) is 2.20. The van der Waals surface area contributed by atoms with Gasteiger partial charge in [-0.2, -0.15) is 5.26 Å². The number of nitrogens with one attached hydrogen (secondary N) is 1. The number of hydrogen-bond donors (Lipinski definition) is 1. The van der Waals surface area contributed by atoms with Crippen molar-refractivity contribution in [2.24, 2.45) is 0 Å². The van der Waals surface area contributed by atoms with E-state index in [-0.39, 0.29) is 6.10 Å². The molecule has 0 aliphatic carbocycles. The summed E-state index contributed by atoms with van der Waals surface area (Å²) < 4.78 is 5.72. The summed E-state index contributed by atoms with van der Waals surface area (Å²) in [6.07, 6.45) is 0.152. The van der Waals surface area contributed by atoms with Crippen LogP contribution in [0.5, 0.6) is 0 Å². The lowest BCUT2D eigenvalue weighted by atomic mass is 10.2. The van der Waals surface area contributed by atoms with Gasteiger partial charge in [-0.15, -0.1) is 0 Å². The lowest BCUT2D eigenvalue weighted by molar-refractivity contribution is -0.0191. The van der Waals surface area contributed by atoms with Gasteiger partial charge in [-0.05, 0) is 18.7 Å². The molecule has 0 aromatic heterocycles. The van der Waals surface area contributed by atoms with Crippen LogP contribution in [-0.4, -0.2) is 43.8 Å². The molecule has 1 saturated heterocycles. The second kappa shape index (κ2) is 6.76. The van der Waals surface area contributed by atoms with Crippen LogP contribution in [-0.2, 0) is 4.74 Å². The van der Waals surface area contributed by atoms with Gasteiger partial charge in [0, 0.05) is 19.6 Å². The molecule has 1 aromatic rings. The molecule has 0 radical (unpaired) electrons. The zero-order chi connectivity index (χ0) is 13.7. The van der Waals surface area contributed by atoms with Crippen LogP contribution >= 0.6 is 11.6 Å². The SMILES string of the molecule is CCN1CCOC(CNc2cccc(Cl)c2C#N)C1. The number of benzene rings is 1. The maximum absolute atomic E-state index is 9.10.